The molecule has 0 bridgehead atoms. The van der Waals surface area contributed by atoms with Gasteiger partial charge in [-0.15, -0.1) is 0 Å². The van der Waals surface area contributed by atoms with E-state index in [9.17, 15) is 18.7 Å². The molecular formula is C26H19ClF2N4O4. The molecule has 37 heavy (non-hydrogen) atoms. The first-order valence-corrected chi connectivity index (χ1v) is 11.4. The summed E-state index contributed by atoms with van der Waals surface area (Å²) >= 11 is 6.43. The van der Waals surface area contributed by atoms with Crippen molar-refractivity contribution in [2.24, 2.45) is 0 Å². The molecule has 0 saturated carbocycles. The van der Waals surface area contributed by atoms with Gasteiger partial charge < -0.3 is 14.4 Å². The molecule has 4 aromatic heterocycles. The van der Waals surface area contributed by atoms with E-state index in [-0.39, 0.29) is 11.3 Å². The molecule has 5 aromatic rings. The molecule has 11 heteroatoms. The second-order valence-corrected chi connectivity index (χ2v) is 8.66. The lowest BCUT2D eigenvalue weighted by Crippen LogP contribution is -2.08. The van der Waals surface area contributed by atoms with Crippen LogP contribution in [0.1, 0.15) is 21.8 Å². The zero-order valence-corrected chi connectivity index (χ0v) is 20.3. The van der Waals surface area contributed by atoms with Gasteiger partial charge >= 0.3 is 5.97 Å². The summed E-state index contributed by atoms with van der Waals surface area (Å²) in [5.74, 6) is -0.590. The van der Waals surface area contributed by atoms with E-state index in [0.29, 0.717) is 44.3 Å². The SMILES string of the molecule is Cc1noc(C)c1-c1cnc2c(c1)c(-c1ccc(C(=O)O)cc1OCC(F)F)cn2-c1ccncc1Cl. The highest BCUT2D eigenvalue weighted by Crippen LogP contribution is 2.40. The number of pyridine rings is 2. The van der Waals surface area contributed by atoms with Crippen LogP contribution in [0.4, 0.5) is 8.78 Å². The number of carboxylic acid groups (broad SMARTS) is 1. The van der Waals surface area contributed by atoms with Crippen LogP contribution in [0, 0.1) is 13.8 Å². The van der Waals surface area contributed by atoms with Crippen LogP contribution in [0.5, 0.6) is 5.75 Å². The fourth-order valence-electron chi connectivity index (χ4n) is 4.25. The Morgan fingerprint density at radius 1 is 1.19 bits per heavy atom. The summed E-state index contributed by atoms with van der Waals surface area (Å²) in [5.41, 5.74) is 4.23. The fourth-order valence-corrected chi connectivity index (χ4v) is 4.46. The number of benzene rings is 1. The predicted molar refractivity (Wildman–Crippen MR) is 133 cm³/mol. The third-order valence-electron chi connectivity index (χ3n) is 5.86. The average molecular weight is 525 g/mol. The van der Waals surface area contributed by atoms with Gasteiger partial charge in [-0.1, -0.05) is 16.8 Å². The molecule has 0 aliphatic heterocycles. The number of aromatic carboxylic acids is 1. The number of hydrogen-bond donors (Lipinski definition) is 1. The number of carbonyl (C=O) groups is 1. The van der Waals surface area contributed by atoms with Crippen LogP contribution in [0.2, 0.25) is 5.02 Å². The second-order valence-electron chi connectivity index (χ2n) is 8.25. The summed E-state index contributed by atoms with van der Waals surface area (Å²) in [6.07, 6.45) is 3.78. The first-order chi connectivity index (χ1) is 17.7. The molecule has 1 aromatic carbocycles. The van der Waals surface area contributed by atoms with Gasteiger partial charge in [0.15, 0.2) is 0 Å². The van der Waals surface area contributed by atoms with Gasteiger partial charge in [0.1, 0.15) is 23.8 Å². The summed E-state index contributed by atoms with van der Waals surface area (Å²) in [6.45, 7) is 2.72. The maximum absolute atomic E-state index is 13.0. The van der Waals surface area contributed by atoms with Crippen molar-refractivity contribution >= 4 is 28.6 Å². The van der Waals surface area contributed by atoms with Crippen molar-refractivity contribution < 1.29 is 27.9 Å². The number of nitrogens with zero attached hydrogens (tertiary/aromatic N) is 4. The van der Waals surface area contributed by atoms with E-state index < -0.39 is 19.0 Å². The molecule has 0 atom stereocenters. The van der Waals surface area contributed by atoms with Crippen LogP contribution < -0.4 is 4.74 Å². The van der Waals surface area contributed by atoms with Crippen LogP contribution in [0.25, 0.3) is 39.0 Å². The van der Waals surface area contributed by atoms with E-state index in [4.69, 9.17) is 25.8 Å². The summed E-state index contributed by atoms with van der Waals surface area (Å²) in [4.78, 5) is 20.3. The number of hydrogen-bond acceptors (Lipinski definition) is 6. The van der Waals surface area contributed by atoms with Crippen molar-refractivity contribution in [3.05, 3.63) is 77.2 Å². The van der Waals surface area contributed by atoms with Crippen LogP contribution >= 0.6 is 11.6 Å². The van der Waals surface area contributed by atoms with Gasteiger partial charge in [0.2, 0.25) is 0 Å². The minimum Gasteiger partial charge on any atom is -0.487 e. The number of fused-ring (bicyclic) bond motifs is 1. The number of aryl methyl sites for hydroxylation is 2. The average Bonchev–Trinajstić information content (AvgIpc) is 3.41. The first-order valence-electron chi connectivity index (χ1n) is 11.1. The molecule has 0 unspecified atom stereocenters. The van der Waals surface area contributed by atoms with Crippen LogP contribution in [-0.4, -0.2) is 43.8 Å². The summed E-state index contributed by atoms with van der Waals surface area (Å²) in [7, 11) is 0. The summed E-state index contributed by atoms with van der Waals surface area (Å²) < 4.78 is 38.5. The molecule has 0 saturated heterocycles. The highest BCUT2D eigenvalue weighted by atomic mass is 35.5. The highest BCUT2D eigenvalue weighted by Gasteiger charge is 2.21. The molecule has 0 spiro atoms. The number of rotatable bonds is 7. The number of carboxylic acids is 1. The Labute approximate surface area is 214 Å². The van der Waals surface area contributed by atoms with E-state index in [1.165, 1.54) is 24.4 Å². The summed E-state index contributed by atoms with van der Waals surface area (Å²) in [6, 6.07) is 7.75. The Morgan fingerprint density at radius 3 is 2.68 bits per heavy atom. The number of halogens is 3. The maximum atomic E-state index is 13.0. The number of aromatic nitrogens is 4. The lowest BCUT2D eigenvalue weighted by atomic mass is 10.00. The minimum absolute atomic E-state index is 0.00261. The third kappa shape index (κ3) is 4.51. The molecule has 0 aliphatic carbocycles. The van der Waals surface area contributed by atoms with E-state index in [1.54, 1.807) is 36.1 Å². The minimum atomic E-state index is -2.74. The van der Waals surface area contributed by atoms with Gasteiger partial charge in [-0.25, -0.2) is 18.6 Å². The summed E-state index contributed by atoms with van der Waals surface area (Å²) in [5, 5.41) is 14.5. The smallest absolute Gasteiger partial charge is 0.335 e. The molecule has 4 heterocycles. The quantitative estimate of drug-likeness (QED) is 0.264. The molecule has 0 fully saturated rings. The van der Waals surface area contributed by atoms with Gasteiger partial charge in [0.05, 0.1) is 22.0 Å². The first kappa shape index (κ1) is 24.4. The fraction of sp³-hybridized carbons (Fsp3) is 0.154. The Morgan fingerprint density at radius 2 is 2.00 bits per heavy atom. The van der Waals surface area contributed by atoms with Crippen LogP contribution in [0.15, 0.2) is 59.6 Å². The van der Waals surface area contributed by atoms with Gasteiger partial charge in [-0.2, -0.15) is 0 Å². The van der Waals surface area contributed by atoms with Gasteiger partial charge in [-0.05, 0) is 44.2 Å². The molecule has 0 aliphatic rings. The molecule has 5 rings (SSSR count). The molecular weight excluding hydrogens is 506 g/mol. The monoisotopic (exact) mass is 524 g/mol. The normalized spacial score (nSPS) is 11.4. The van der Waals surface area contributed by atoms with Crippen LogP contribution in [0.3, 0.4) is 0 Å². The van der Waals surface area contributed by atoms with E-state index in [1.807, 2.05) is 13.0 Å². The molecule has 8 nitrogen and oxygen atoms in total. The Bertz CT molecular complexity index is 1630. The van der Waals surface area contributed by atoms with Gasteiger partial charge in [0, 0.05) is 52.4 Å². The van der Waals surface area contributed by atoms with Crippen molar-refractivity contribution in [2.75, 3.05) is 6.61 Å². The second kappa shape index (κ2) is 9.62. The largest absolute Gasteiger partial charge is 0.487 e. The molecule has 0 radical (unpaired) electrons. The van der Waals surface area contributed by atoms with Gasteiger partial charge in [0.25, 0.3) is 6.43 Å². The lowest BCUT2D eigenvalue weighted by Gasteiger charge is -2.12. The highest BCUT2D eigenvalue weighted by molar-refractivity contribution is 6.32. The lowest BCUT2D eigenvalue weighted by molar-refractivity contribution is 0.0695. The number of ether oxygens (including phenoxy) is 1. The molecule has 1 N–H and O–H groups in total. The zero-order valence-electron chi connectivity index (χ0n) is 19.6. The van der Waals surface area contributed by atoms with E-state index in [2.05, 4.69) is 10.1 Å². The standard InChI is InChI=1S/C26H19ClF2N4O4/c1-13-24(14(2)37-32-13)16-7-18-19(11-33(25(18)31-9-16)21-5-6-30-10-20(21)27)17-4-3-15(26(34)35)8-22(17)36-12-23(28)29/h3-11,23H,12H2,1-2H3,(H,34,35). The van der Waals surface area contributed by atoms with Crippen molar-refractivity contribution in [3.63, 3.8) is 0 Å². The van der Waals surface area contributed by atoms with Crippen LogP contribution in [-0.2, 0) is 0 Å². The maximum Gasteiger partial charge on any atom is 0.335 e. The molecule has 0 amide bonds. The Balaban J connectivity index is 1.80. The van der Waals surface area contributed by atoms with Crippen molar-refractivity contribution in [2.45, 2.75) is 20.3 Å². The van der Waals surface area contributed by atoms with Gasteiger partial charge in [-0.3, -0.25) is 9.55 Å². The third-order valence-corrected chi connectivity index (χ3v) is 6.15. The Kier molecular flexibility index (Phi) is 6.34. The zero-order chi connectivity index (χ0) is 26.3. The van der Waals surface area contributed by atoms with Crippen molar-refractivity contribution in [3.8, 4) is 33.7 Å². The molecule has 188 valence electrons. The Hall–Kier alpha value is -4.31. The van der Waals surface area contributed by atoms with Crippen molar-refractivity contribution in [1.82, 2.24) is 19.7 Å². The topological polar surface area (TPSA) is 103 Å². The van der Waals surface area contributed by atoms with E-state index >= 15 is 0 Å². The number of alkyl halides is 2. The predicted octanol–water partition coefficient (Wildman–Crippen LogP) is 6.35. The van der Waals surface area contributed by atoms with E-state index in [0.717, 1.165) is 11.1 Å². The van der Waals surface area contributed by atoms with Crippen molar-refractivity contribution in [1.29, 1.82) is 0 Å².